The lowest BCUT2D eigenvalue weighted by atomic mass is 9.96. The van der Waals surface area contributed by atoms with Crippen LogP contribution >= 0.6 is 11.3 Å². The Labute approximate surface area is 225 Å². The average molecular weight is 544 g/mol. The second-order valence-electron chi connectivity index (χ2n) is 9.11. The molecule has 0 unspecified atom stereocenters. The van der Waals surface area contributed by atoms with Crippen molar-refractivity contribution in [3.63, 3.8) is 0 Å². The number of carboxylic acid groups (broad SMARTS) is 3. The van der Waals surface area contributed by atoms with E-state index in [1.807, 2.05) is 23.7 Å². The Morgan fingerprint density at radius 3 is 1.97 bits per heavy atom. The van der Waals surface area contributed by atoms with Crippen LogP contribution in [0.4, 0.5) is 0 Å². The van der Waals surface area contributed by atoms with E-state index < -0.39 is 36.4 Å². The molecule has 0 bridgehead atoms. The second-order valence-corrected chi connectivity index (χ2v) is 10.1. The monoisotopic (exact) mass is 543 g/mol. The third kappa shape index (κ3) is 10.8. The van der Waals surface area contributed by atoms with Crippen molar-refractivity contribution in [2.24, 2.45) is 0 Å². The van der Waals surface area contributed by atoms with E-state index in [0.717, 1.165) is 31.9 Å². The summed E-state index contributed by atoms with van der Waals surface area (Å²) in [6.07, 6.45) is 2.72. The van der Waals surface area contributed by atoms with Crippen molar-refractivity contribution in [2.45, 2.75) is 57.7 Å². The fourth-order valence-electron chi connectivity index (χ4n) is 3.49. The molecule has 1 aromatic carbocycles. The van der Waals surface area contributed by atoms with Crippen LogP contribution in [0.25, 0.3) is 0 Å². The molecule has 0 saturated carbocycles. The van der Waals surface area contributed by atoms with Crippen molar-refractivity contribution in [1.29, 1.82) is 0 Å². The molecule has 0 radical (unpaired) electrons. The van der Waals surface area contributed by atoms with Crippen LogP contribution in [0.5, 0.6) is 0 Å². The molecule has 38 heavy (non-hydrogen) atoms. The number of aliphatic hydroxyl groups is 1. The van der Waals surface area contributed by atoms with Crippen molar-refractivity contribution >= 4 is 29.2 Å². The first-order valence-electron chi connectivity index (χ1n) is 12.0. The van der Waals surface area contributed by atoms with Gasteiger partial charge in [-0.25, -0.2) is 14.8 Å². The largest absolute Gasteiger partial charge is 0.481 e. The molecule has 2 aromatic heterocycles. The van der Waals surface area contributed by atoms with Crippen LogP contribution in [-0.4, -0.2) is 65.3 Å². The van der Waals surface area contributed by atoms with Gasteiger partial charge in [0.2, 0.25) is 0 Å². The molecule has 0 aliphatic heterocycles. The molecule has 0 amide bonds. The van der Waals surface area contributed by atoms with Gasteiger partial charge in [-0.15, -0.1) is 11.3 Å². The number of carbonyl (C=O) groups is 3. The number of benzene rings is 1. The highest BCUT2D eigenvalue weighted by Crippen LogP contribution is 2.17. The first-order valence-corrected chi connectivity index (χ1v) is 12.9. The Balaban J connectivity index is 0.000000332. The third-order valence-corrected chi connectivity index (χ3v) is 6.31. The van der Waals surface area contributed by atoms with Crippen molar-refractivity contribution < 1.29 is 34.8 Å². The molecule has 0 aliphatic rings. The van der Waals surface area contributed by atoms with Crippen LogP contribution in [0.1, 0.15) is 54.4 Å². The maximum atomic E-state index is 10.3. The highest BCUT2D eigenvalue weighted by molar-refractivity contribution is 7.09. The molecule has 10 nitrogen and oxygen atoms in total. The van der Waals surface area contributed by atoms with Crippen molar-refractivity contribution in [1.82, 2.24) is 14.9 Å². The molecular formula is C27H33N3O7S. The predicted molar refractivity (Wildman–Crippen MR) is 142 cm³/mol. The smallest absolute Gasteiger partial charge is 0.336 e. The molecule has 3 aromatic rings. The van der Waals surface area contributed by atoms with E-state index in [1.54, 1.807) is 0 Å². The van der Waals surface area contributed by atoms with Gasteiger partial charge in [0, 0.05) is 48.4 Å². The second kappa shape index (κ2) is 14.9. The van der Waals surface area contributed by atoms with Gasteiger partial charge in [-0.1, -0.05) is 50.2 Å². The summed E-state index contributed by atoms with van der Waals surface area (Å²) in [7, 11) is 0. The van der Waals surface area contributed by atoms with E-state index in [0.29, 0.717) is 5.92 Å². The lowest BCUT2D eigenvalue weighted by Gasteiger charge is -2.22. The van der Waals surface area contributed by atoms with E-state index in [2.05, 4.69) is 76.6 Å². The fraction of sp³-hybridized carbons (Fsp3) is 0.370. The molecular weight excluding hydrogens is 510 g/mol. The lowest BCUT2D eigenvalue weighted by Crippen LogP contribution is -2.42. The number of carboxylic acids is 3. The summed E-state index contributed by atoms with van der Waals surface area (Å²) >= 11 is 1.82. The van der Waals surface area contributed by atoms with Gasteiger partial charge in [-0.05, 0) is 23.4 Å². The minimum atomic E-state index is -2.74. The molecule has 0 atom stereocenters. The molecule has 3 rings (SSSR count). The van der Waals surface area contributed by atoms with Crippen LogP contribution < -0.4 is 0 Å². The number of rotatable bonds is 13. The van der Waals surface area contributed by atoms with Crippen LogP contribution in [-0.2, 0) is 33.9 Å². The van der Waals surface area contributed by atoms with Gasteiger partial charge in [-0.3, -0.25) is 14.5 Å². The zero-order chi connectivity index (χ0) is 28.1. The average Bonchev–Trinajstić information content (AvgIpc) is 3.36. The molecule has 0 aliphatic carbocycles. The molecule has 2 heterocycles. The summed E-state index contributed by atoms with van der Waals surface area (Å²) in [6.45, 7) is 7.11. The quantitative estimate of drug-likeness (QED) is 0.250. The zero-order valence-corrected chi connectivity index (χ0v) is 22.2. The van der Waals surface area contributed by atoms with E-state index in [-0.39, 0.29) is 0 Å². The Morgan fingerprint density at radius 2 is 1.50 bits per heavy atom. The van der Waals surface area contributed by atoms with Crippen LogP contribution in [0.15, 0.2) is 60.2 Å². The lowest BCUT2D eigenvalue weighted by molar-refractivity contribution is -0.170. The summed E-state index contributed by atoms with van der Waals surface area (Å²) in [5, 5.41) is 36.0. The molecule has 0 spiro atoms. The number of hydrogen-bond donors (Lipinski definition) is 4. The van der Waals surface area contributed by atoms with E-state index in [9.17, 15) is 14.4 Å². The minimum absolute atomic E-state index is 0.370. The highest BCUT2D eigenvalue weighted by Gasteiger charge is 2.40. The first-order chi connectivity index (χ1) is 18.0. The van der Waals surface area contributed by atoms with Gasteiger partial charge >= 0.3 is 17.9 Å². The SMILES string of the molecule is CC(C)c1ncc(CN(CCc2ccccc2)Cc2cccs2)cn1.O=C(O)CC(O)(CC(=O)O)C(=O)O. The number of aromatic nitrogens is 2. The molecule has 0 fully saturated rings. The Bertz CT molecular complexity index is 1140. The van der Waals surface area contributed by atoms with E-state index >= 15 is 0 Å². The van der Waals surface area contributed by atoms with Gasteiger partial charge in [-0.2, -0.15) is 0 Å². The summed E-state index contributed by atoms with van der Waals surface area (Å²) in [5.74, 6) is -3.73. The van der Waals surface area contributed by atoms with Gasteiger partial charge in [0.1, 0.15) is 5.82 Å². The number of aliphatic carboxylic acids is 3. The fourth-order valence-corrected chi connectivity index (χ4v) is 4.23. The number of hydrogen-bond acceptors (Lipinski definition) is 8. The molecule has 0 saturated heterocycles. The van der Waals surface area contributed by atoms with Crippen molar-refractivity contribution in [3.05, 3.63) is 82.1 Å². The van der Waals surface area contributed by atoms with Crippen LogP contribution in [0.2, 0.25) is 0 Å². The first kappa shape index (κ1) is 30.6. The van der Waals surface area contributed by atoms with Crippen molar-refractivity contribution in [3.8, 4) is 0 Å². The van der Waals surface area contributed by atoms with Crippen molar-refractivity contribution in [2.75, 3.05) is 6.54 Å². The zero-order valence-electron chi connectivity index (χ0n) is 21.4. The Kier molecular flexibility index (Phi) is 12.0. The van der Waals surface area contributed by atoms with Gasteiger partial charge in [0.05, 0.1) is 12.8 Å². The van der Waals surface area contributed by atoms with Gasteiger partial charge in [0.15, 0.2) is 5.60 Å². The number of thiophene rings is 1. The van der Waals surface area contributed by atoms with Gasteiger partial charge in [0.25, 0.3) is 0 Å². The number of nitrogens with zero attached hydrogens (tertiary/aromatic N) is 3. The Hall–Kier alpha value is -3.67. The maximum absolute atomic E-state index is 10.3. The topological polar surface area (TPSA) is 161 Å². The van der Waals surface area contributed by atoms with Gasteiger partial charge < -0.3 is 20.4 Å². The normalized spacial score (nSPS) is 11.2. The molecule has 11 heteroatoms. The Morgan fingerprint density at radius 1 is 0.895 bits per heavy atom. The summed E-state index contributed by atoms with van der Waals surface area (Å²) < 4.78 is 0. The minimum Gasteiger partial charge on any atom is -0.481 e. The summed E-state index contributed by atoms with van der Waals surface area (Å²) in [5.41, 5.74) is -0.184. The molecule has 204 valence electrons. The maximum Gasteiger partial charge on any atom is 0.336 e. The molecule has 4 N–H and O–H groups in total. The van der Waals surface area contributed by atoms with Crippen LogP contribution in [0.3, 0.4) is 0 Å². The summed E-state index contributed by atoms with van der Waals surface area (Å²) in [4.78, 5) is 43.4. The third-order valence-electron chi connectivity index (χ3n) is 5.45. The standard InChI is InChI=1S/C21H25N3S.C6H8O7/c1-17(2)21-22-13-19(14-23-21)15-24(16-20-9-6-12-25-20)11-10-18-7-4-3-5-8-18;7-3(8)1-6(13,5(11)12)2-4(9)10/h3-9,12-14,17H,10-11,15-16H2,1-2H3;13H,1-2H2,(H,7,8)(H,9,10)(H,11,12). The predicted octanol–water partition coefficient (Wildman–Crippen LogP) is 3.66. The summed E-state index contributed by atoms with van der Waals surface area (Å²) in [6, 6.07) is 15.0. The van der Waals surface area contributed by atoms with E-state index in [4.69, 9.17) is 20.4 Å². The van der Waals surface area contributed by atoms with Crippen LogP contribution in [0, 0.1) is 0 Å². The van der Waals surface area contributed by atoms with E-state index in [1.165, 1.54) is 16.0 Å². The highest BCUT2D eigenvalue weighted by atomic mass is 32.1.